The summed E-state index contributed by atoms with van der Waals surface area (Å²) in [5, 5.41) is 6.77. The van der Waals surface area contributed by atoms with Crippen LogP contribution in [0.2, 0.25) is 0 Å². The number of carbonyl (C=O) groups excluding carboxylic acids is 2. The normalized spacial score (nSPS) is 11.1. The number of methoxy groups -OCH3 is 2. The number of aromatic nitrogens is 2. The molecular formula is C22H21F3N4O5. The predicted octanol–water partition coefficient (Wildman–Crippen LogP) is 2.70. The summed E-state index contributed by atoms with van der Waals surface area (Å²) in [6, 6.07) is 9.35. The van der Waals surface area contributed by atoms with E-state index in [1.807, 2.05) is 0 Å². The zero-order valence-electron chi connectivity index (χ0n) is 18.2. The molecule has 0 aliphatic carbocycles. The van der Waals surface area contributed by atoms with Crippen LogP contribution in [0.3, 0.4) is 0 Å². The lowest BCUT2D eigenvalue weighted by molar-refractivity contribution is -0.137. The van der Waals surface area contributed by atoms with E-state index in [4.69, 9.17) is 19.9 Å². The summed E-state index contributed by atoms with van der Waals surface area (Å²) in [5.74, 6) is -0.521. The Labute approximate surface area is 192 Å². The maximum atomic E-state index is 13.0. The summed E-state index contributed by atoms with van der Waals surface area (Å²) in [7, 11) is 2.74. The molecule has 0 saturated heterocycles. The molecule has 2 amide bonds. The molecule has 3 N–H and O–H groups in total. The van der Waals surface area contributed by atoms with Crippen molar-refractivity contribution in [1.82, 2.24) is 15.1 Å². The number of alkyl halides is 3. The van der Waals surface area contributed by atoms with Crippen LogP contribution in [0.25, 0.3) is 5.69 Å². The van der Waals surface area contributed by atoms with Crippen molar-refractivity contribution in [2.24, 2.45) is 5.73 Å². The van der Waals surface area contributed by atoms with Crippen LogP contribution in [-0.4, -0.2) is 42.4 Å². The van der Waals surface area contributed by atoms with Crippen LogP contribution < -0.4 is 25.3 Å². The molecule has 9 nitrogen and oxygen atoms in total. The molecule has 0 aliphatic rings. The molecular weight excluding hydrogens is 457 g/mol. The van der Waals surface area contributed by atoms with Gasteiger partial charge in [0.1, 0.15) is 0 Å². The highest BCUT2D eigenvalue weighted by atomic mass is 19.4. The fraction of sp³-hybridized carbons (Fsp3) is 0.227. The smallest absolute Gasteiger partial charge is 0.416 e. The molecule has 180 valence electrons. The van der Waals surface area contributed by atoms with Crippen LogP contribution >= 0.6 is 0 Å². The van der Waals surface area contributed by atoms with Crippen molar-refractivity contribution in [1.29, 1.82) is 0 Å². The summed E-state index contributed by atoms with van der Waals surface area (Å²) in [4.78, 5) is 23.6. The average molecular weight is 478 g/mol. The van der Waals surface area contributed by atoms with E-state index < -0.39 is 23.6 Å². The van der Waals surface area contributed by atoms with Crippen LogP contribution in [0.1, 0.15) is 21.6 Å². The zero-order valence-corrected chi connectivity index (χ0v) is 18.2. The highest BCUT2D eigenvalue weighted by Crippen LogP contribution is 2.31. The van der Waals surface area contributed by atoms with Gasteiger partial charge in [0, 0.05) is 6.54 Å². The molecule has 0 radical (unpaired) electrons. The molecule has 0 bridgehead atoms. The van der Waals surface area contributed by atoms with E-state index in [9.17, 15) is 22.8 Å². The predicted molar refractivity (Wildman–Crippen MR) is 114 cm³/mol. The number of halogens is 3. The second-order valence-corrected chi connectivity index (χ2v) is 6.96. The Bertz CT molecular complexity index is 1190. The fourth-order valence-corrected chi connectivity index (χ4v) is 2.98. The van der Waals surface area contributed by atoms with Gasteiger partial charge in [-0.2, -0.15) is 18.3 Å². The summed E-state index contributed by atoms with van der Waals surface area (Å²) in [6.45, 7) is -0.244. The first-order valence-electron chi connectivity index (χ1n) is 9.80. The van der Waals surface area contributed by atoms with Gasteiger partial charge in [0.15, 0.2) is 29.5 Å². The van der Waals surface area contributed by atoms with E-state index in [0.29, 0.717) is 17.1 Å². The number of benzene rings is 2. The van der Waals surface area contributed by atoms with Crippen molar-refractivity contribution in [3.8, 4) is 22.9 Å². The number of primary amides is 1. The molecule has 34 heavy (non-hydrogen) atoms. The van der Waals surface area contributed by atoms with Crippen molar-refractivity contribution >= 4 is 11.8 Å². The minimum absolute atomic E-state index is 0.0743. The van der Waals surface area contributed by atoms with Gasteiger partial charge in [0.25, 0.3) is 11.8 Å². The van der Waals surface area contributed by atoms with E-state index in [-0.39, 0.29) is 30.3 Å². The number of nitrogens with one attached hydrogen (secondary N) is 1. The molecule has 0 spiro atoms. The molecule has 0 atom stereocenters. The molecule has 0 fully saturated rings. The number of amides is 2. The Morgan fingerprint density at radius 2 is 1.79 bits per heavy atom. The number of nitrogens with zero attached hydrogens (tertiary/aromatic N) is 2. The van der Waals surface area contributed by atoms with Gasteiger partial charge >= 0.3 is 6.18 Å². The summed E-state index contributed by atoms with van der Waals surface area (Å²) < 4.78 is 55.9. The average Bonchev–Trinajstić information content (AvgIpc) is 3.25. The first-order valence-corrected chi connectivity index (χ1v) is 9.80. The van der Waals surface area contributed by atoms with Gasteiger partial charge in [-0.3, -0.25) is 9.59 Å². The van der Waals surface area contributed by atoms with Crippen LogP contribution in [0, 0.1) is 0 Å². The number of ether oxygens (including phenoxy) is 3. The standard InChI is InChI=1S/C22H21F3N4O5/c1-32-17-8-13(6-7-16(17)34-12-19(26)30)10-27-21(31)20-18(33-2)11-29(28-20)15-5-3-4-14(9-15)22(23,24)25/h3-9,11H,10,12H2,1-2H3,(H2,26,30)(H,27,31). The first kappa shape index (κ1) is 24.4. The van der Waals surface area contributed by atoms with Gasteiger partial charge in [0.05, 0.1) is 31.7 Å². The Morgan fingerprint density at radius 3 is 2.44 bits per heavy atom. The van der Waals surface area contributed by atoms with E-state index in [2.05, 4.69) is 10.4 Å². The van der Waals surface area contributed by atoms with Crippen molar-refractivity contribution in [3.05, 3.63) is 65.5 Å². The third-order valence-electron chi connectivity index (χ3n) is 4.60. The van der Waals surface area contributed by atoms with Crippen molar-refractivity contribution < 1.29 is 37.0 Å². The first-order chi connectivity index (χ1) is 16.1. The highest BCUT2D eigenvalue weighted by Gasteiger charge is 2.30. The van der Waals surface area contributed by atoms with Gasteiger partial charge in [0.2, 0.25) is 0 Å². The van der Waals surface area contributed by atoms with Gasteiger partial charge in [-0.05, 0) is 35.9 Å². The lowest BCUT2D eigenvalue weighted by Gasteiger charge is -2.11. The monoisotopic (exact) mass is 478 g/mol. The van der Waals surface area contributed by atoms with Crippen molar-refractivity contribution in [2.75, 3.05) is 20.8 Å². The van der Waals surface area contributed by atoms with Crippen LogP contribution in [0.4, 0.5) is 13.2 Å². The van der Waals surface area contributed by atoms with E-state index >= 15 is 0 Å². The van der Waals surface area contributed by atoms with E-state index in [1.165, 1.54) is 32.5 Å². The number of carbonyl (C=O) groups is 2. The number of rotatable bonds is 9. The van der Waals surface area contributed by atoms with Gasteiger partial charge < -0.3 is 25.3 Å². The zero-order chi connectivity index (χ0) is 24.9. The topological polar surface area (TPSA) is 118 Å². The molecule has 1 heterocycles. The number of hydrogen-bond donors (Lipinski definition) is 2. The Hall–Kier alpha value is -4.22. The third-order valence-corrected chi connectivity index (χ3v) is 4.60. The lowest BCUT2D eigenvalue weighted by atomic mass is 10.2. The third kappa shape index (κ3) is 5.77. The molecule has 1 aromatic heterocycles. The molecule has 0 saturated carbocycles. The van der Waals surface area contributed by atoms with Gasteiger partial charge in [-0.1, -0.05) is 12.1 Å². The maximum Gasteiger partial charge on any atom is 0.416 e. The summed E-state index contributed by atoms with van der Waals surface area (Å²) >= 11 is 0. The maximum absolute atomic E-state index is 13.0. The Morgan fingerprint density at radius 1 is 1.06 bits per heavy atom. The molecule has 12 heteroatoms. The lowest BCUT2D eigenvalue weighted by Crippen LogP contribution is -2.24. The van der Waals surface area contributed by atoms with Crippen LogP contribution in [-0.2, 0) is 17.5 Å². The molecule has 2 aromatic carbocycles. The van der Waals surface area contributed by atoms with E-state index in [0.717, 1.165) is 16.8 Å². The van der Waals surface area contributed by atoms with E-state index in [1.54, 1.807) is 18.2 Å². The molecule has 3 rings (SSSR count). The number of hydrogen-bond acceptors (Lipinski definition) is 6. The molecule has 0 unspecified atom stereocenters. The minimum atomic E-state index is -4.52. The van der Waals surface area contributed by atoms with Crippen molar-refractivity contribution in [3.63, 3.8) is 0 Å². The van der Waals surface area contributed by atoms with Gasteiger partial charge in [-0.25, -0.2) is 4.68 Å². The van der Waals surface area contributed by atoms with Crippen molar-refractivity contribution in [2.45, 2.75) is 12.7 Å². The Kier molecular flexibility index (Phi) is 7.29. The second kappa shape index (κ2) is 10.1. The quantitative estimate of drug-likeness (QED) is 0.488. The SMILES string of the molecule is COc1cc(CNC(=O)c2nn(-c3cccc(C(F)(F)F)c3)cc2OC)ccc1OCC(N)=O. The summed E-state index contributed by atoms with van der Waals surface area (Å²) in [5.41, 5.74) is 4.88. The molecule has 3 aromatic rings. The highest BCUT2D eigenvalue weighted by molar-refractivity contribution is 5.94. The van der Waals surface area contributed by atoms with Crippen LogP contribution in [0.15, 0.2) is 48.7 Å². The largest absolute Gasteiger partial charge is 0.493 e. The minimum Gasteiger partial charge on any atom is -0.493 e. The molecule has 0 aliphatic heterocycles. The fourth-order valence-electron chi connectivity index (χ4n) is 2.98. The second-order valence-electron chi connectivity index (χ2n) is 6.96. The van der Waals surface area contributed by atoms with Gasteiger partial charge in [-0.15, -0.1) is 0 Å². The summed E-state index contributed by atoms with van der Waals surface area (Å²) in [6.07, 6.45) is -3.20. The van der Waals surface area contributed by atoms with Crippen LogP contribution in [0.5, 0.6) is 17.2 Å². The number of nitrogens with two attached hydrogens (primary N) is 1. The Balaban J connectivity index is 1.76.